The number of rotatable bonds is 2. The lowest BCUT2D eigenvalue weighted by molar-refractivity contribution is -0.385. The molecule has 26 heavy (non-hydrogen) atoms. The standard InChI is InChI=1S/C18H16N4O4/c1-10-7-8-21-15(9-10)19-12(3)16(18(21)24)20-17(23)13-5-4-6-14(11(13)2)22(25)26/h4-9,12H,1-3H3. The van der Waals surface area contributed by atoms with E-state index >= 15 is 0 Å². The molecule has 0 saturated heterocycles. The third-order valence-electron chi connectivity index (χ3n) is 4.20. The van der Waals surface area contributed by atoms with Crippen molar-refractivity contribution in [3.63, 3.8) is 0 Å². The van der Waals surface area contributed by atoms with Crippen molar-refractivity contribution in [2.45, 2.75) is 26.8 Å². The van der Waals surface area contributed by atoms with Gasteiger partial charge in [0.1, 0.15) is 11.5 Å². The van der Waals surface area contributed by atoms with Crippen molar-refractivity contribution >= 4 is 29.0 Å². The first-order valence-electron chi connectivity index (χ1n) is 7.94. The number of carbonyl (C=O) groups excluding carboxylic acids is 2. The quantitative estimate of drug-likeness (QED) is 0.602. The highest BCUT2D eigenvalue weighted by atomic mass is 16.6. The molecule has 1 aromatic rings. The van der Waals surface area contributed by atoms with E-state index in [9.17, 15) is 19.7 Å². The van der Waals surface area contributed by atoms with E-state index < -0.39 is 22.8 Å². The molecule has 0 aliphatic carbocycles. The smallest absolute Gasteiger partial charge is 0.267 e. The van der Waals surface area contributed by atoms with Gasteiger partial charge in [0.15, 0.2) is 0 Å². The molecule has 0 saturated carbocycles. The predicted octanol–water partition coefficient (Wildman–Crippen LogP) is 2.59. The normalized spacial score (nSPS) is 20.6. The van der Waals surface area contributed by atoms with Gasteiger partial charge in [0.25, 0.3) is 17.5 Å². The zero-order valence-corrected chi connectivity index (χ0v) is 14.5. The molecule has 0 bridgehead atoms. The van der Waals surface area contributed by atoms with E-state index in [-0.39, 0.29) is 22.5 Å². The molecular weight excluding hydrogens is 336 g/mol. The fourth-order valence-corrected chi connectivity index (χ4v) is 2.79. The van der Waals surface area contributed by atoms with Crippen molar-refractivity contribution in [2.75, 3.05) is 0 Å². The lowest BCUT2D eigenvalue weighted by Gasteiger charge is -2.28. The lowest BCUT2D eigenvalue weighted by atomic mass is 10.0. The van der Waals surface area contributed by atoms with Gasteiger partial charge < -0.3 is 0 Å². The number of hydrogen-bond donors (Lipinski definition) is 0. The molecule has 2 aliphatic rings. The number of nitro benzene ring substituents is 1. The molecular formula is C18H16N4O4. The van der Waals surface area contributed by atoms with Crippen molar-refractivity contribution in [1.82, 2.24) is 4.90 Å². The minimum Gasteiger partial charge on any atom is -0.267 e. The molecule has 2 aliphatic heterocycles. The van der Waals surface area contributed by atoms with E-state index in [1.165, 1.54) is 30.0 Å². The summed E-state index contributed by atoms with van der Waals surface area (Å²) in [6.45, 7) is 5.05. The Morgan fingerprint density at radius 3 is 2.77 bits per heavy atom. The molecule has 0 spiro atoms. The van der Waals surface area contributed by atoms with Gasteiger partial charge in [-0.25, -0.2) is 4.99 Å². The van der Waals surface area contributed by atoms with E-state index in [2.05, 4.69) is 9.98 Å². The fraction of sp³-hybridized carbons (Fsp3) is 0.222. The number of amides is 2. The Balaban J connectivity index is 1.99. The second-order valence-electron chi connectivity index (χ2n) is 6.05. The number of hydrogen-bond acceptors (Lipinski definition) is 5. The van der Waals surface area contributed by atoms with Crippen LogP contribution in [-0.2, 0) is 4.79 Å². The summed E-state index contributed by atoms with van der Waals surface area (Å²) in [7, 11) is 0. The van der Waals surface area contributed by atoms with Crippen LogP contribution >= 0.6 is 0 Å². The molecule has 1 atom stereocenters. The summed E-state index contributed by atoms with van der Waals surface area (Å²) in [4.78, 5) is 45.4. The molecule has 8 nitrogen and oxygen atoms in total. The van der Waals surface area contributed by atoms with Gasteiger partial charge in [-0.15, -0.1) is 0 Å². The Kier molecular flexibility index (Phi) is 4.33. The van der Waals surface area contributed by atoms with E-state index in [0.29, 0.717) is 5.84 Å². The van der Waals surface area contributed by atoms with Crippen LogP contribution in [0.4, 0.5) is 5.69 Å². The molecule has 0 aromatic heterocycles. The zero-order valence-electron chi connectivity index (χ0n) is 14.5. The van der Waals surface area contributed by atoms with Gasteiger partial charge in [-0.1, -0.05) is 6.07 Å². The molecule has 2 amide bonds. The van der Waals surface area contributed by atoms with Crippen molar-refractivity contribution in [1.29, 1.82) is 0 Å². The van der Waals surface area contributed by atoms with Crippen molar-refractivity contribution < 1.29 is 14.5 Å². The first kappa shape index (κ1) is 17.4. The lowest BCUT2D eigenvalue weighted by Crippen LogP contribution is -2.46. The Labute approximate surface area is 149 Å². The molecule has 1 aromatic carbocycles. The molecule has 132 valence electrons. The van der Waals surface area contributed by atoms with Gasteiger partial charge in [0.2, 0.25) is 0 Å². The van der Waals surface area contributed by atoms with Gasteiger partial charge in [-0.05, 0) is 44.6 Å². The molecule has 0 fully saturated rings. The number of nitro groups is 1. The number of amidine groups is 1. The number of benzene rings is 1. The van der Waals surface area contributed by atoms with Crippen LogP contribution in [0.5, 0.6) is 0 Å². The Morgan fingerprint density at radius 2 is 2.08 bits per heavy atom. The summed E-state index contributed by atoms with van der Waals surface area (Å²) in [5.74, 6) is -0.632. The minimum atomic E-state index is -0.701. The number of aliphatic imine (C=N–C) groups is 2. The van der Waals surface area contributed by atoms with Gasteiger partial charge >= 0.3 is 0 Å². The van der Waals surface area contributed by atoms with Crippen LogP contribution in [0.1, 0.15) is 29.8 Å². The van der Waals surface area contributed by atoms with Crippen LogP contribution in [0.15, 0.2) is 52.1 Å². The molecule has 3 rings (SSSR count). The maximum absolute atomic E-state index is 12.7. The number of carbonyl (C=O) groups is 2. The van der Waals surface area contributed by atoms with E-state index in [1.807, 2.05) is 6.92 Å². The first-order chi connectivity index (χ1) is 12.3. The summed E-state index contributed by atoms with van der Waals surface area (Å²) in [6, 6.07) is 3.60. The highest BCUT2D eigenvalue weighted by Gasteiger charge is 2.33. The maximum atomic E-state index is 12.7. The van der Waals surface area contributed by atoms with Gasteiger partial charge in [0.05, 0.1) is 16.5 Å². The average Bonchev–Trinajstić information content (AvgIpc) is 2.58. The predicted molar refractivity (Wildman–Crippen MR) is 96.2 cm³/mol. The van der Waals surface area contributed by atoms with Crippen LogP contribution < -0.4 is 0 Å². The number of nitrogens with zero attached hydrogens (tertiary/aromatic N) is 4. The van der Waals surface area contributed by atoms with Crippen LogP contribution in [0.2, 0.25) is 0 Å². The molecule has 0 N–H and O–H groups in total. The Bertz CT molecular complexity index is 956. The second-order valence-corrected chi connectivity index (χ2v) is 6.05. The molecule has 0 radical (unpaired) electrons. The second kappa shape index (κ2) is 6.47. The third kappa shape index (κ3) is 2.97. The van der Waals surface area contributed by atoms with Crippen molar-refractivity contribution in [2.24, 2.45) is 9.98 Å². The monoisotopic (exact) mass is 352 g/mol. The van der Waals surface area contributed by atoms with Gasteiger partial charge in [-0.2, -0.15) is 0 Å². The summed E-state index contributed by atoms with van der Waals surface area (Å²) < 4.78 is 0. The summed E-state index contributed by atoms with van der Waals surface area (Å²) >= 11 is 0. The van der Waals surface area contributed by atoms with E-state index in [0.717, 1.165) is 5.57 Å². The van der Waals surface area contributed by atoms with Crippen molar-refractivity contribution in [3.05, 3.63) is 63.4 Å². The largest absolute Gasteiger partial charge is 0.280 e. The Morgan fingerprint density at radius 1 is 1.35 bits per heavy atom. The average molecular weight is 352 g/mol. The summed E-state index contributed by atoms with van der Waals surface area (Å²) in [5.41, 5.74) is 1.10. The van der Waals surface area contributed by atoms with Gasteiger partial charge in [0, 0.05) is 17.8 Å². The first-order valence-corrected chi connectivity index (χ1v) is 7.94. The zero-order chi connectivity index (χ0) is 19.0. The minimum absolute atomic E-state index is 0.00209. The number of fused-ring (bicyclic) bond motifs is 1. The van der Waals surface area contributed by atoms with E-state index in [4.69, 9.17) is 0 Å². The topological polar surface area (TPSA) is 105 Å². The SMILES string of the molecule is CC1=CC2=NC(C)C(=NC(=O)c3cccc([N+](=O)[O-])c3C)C(=O)N2C=C1. The van der Waals surface area contributed by atoms with Crippen LogP contribution in [0.25, 0.3) is 0 Å². The van der Waals surface area contributed by atoms with Crippen molar-refractivity contribution in [3.8, 4) is 0 Å². The fourth-order valence-electron chi connectivity index (χ4n) is 2.79. The van der Waals surface area contributed by atoms with Crippen LogP contribution in [-0.4, -0.2) is 39.2 Å². The highest BCUT2D eigenvalue weighted by Crippen LogP contribution is 2.23. The summed E-state index contributed by atoms with van der Waals surface area (Å²) in [5, 5.41) is 11.0. The number of allylic oxidation sites excluding steroid dienone is 2. The molecule has 2 heterocycles. The molecule has 8 heteroatoms. The van der Waals surface area contributed by atoms with E-state index in [1.54, 1.807) is 25.3 Å². The molecule has 1 unspecified atom stereocenters. The Hall–Kier alpha value is -3.42. The maximum Gasteiger partial charge on any atom is 0.280 e. The van der Waals surface area contributed by atoms with Crippen LogP contribution in [0, 0.1) is 17.0 Å². The van der Waals surface area contributed by atoms with Crippen LogP contribution in [0.3, 0.4) is 0 Å². The highest BCUT2D eigenvalue weighted by molar-refractivity contribution is 6.47. The summed E-state index contributed by atoms with van der Waals surface area (Å²) in [6.07, 6.45) is 5.12. The third-order valence-corrected chi connectivity index (χ3v) is 4.20. The van der Waals surface area contributed by atoms with Gasteiger partial charge in [-0.3, -0.25) is 29.6 Å².